The topological polar surface area (TPSA) is 64.3 Å². The average Bonchev–Trinajstić information content (AvgIpc) is 3.34. The van der Waals surface area contributed by atoms with E-state index in [-0.39, 0.29) is 0 Å². The fraction of sp³-hybridized carbons (Fsp3) is 0.389. The fourth-order valence-corrected chi connectivity index (χ4v) is 3.01. The van der Waals surface area contributed by atoms with Gasteiger partial charge >= 0.3 is 0 Å². The molecule has 0 spiro atoms. The number of aromatic nitrogens is 4. The van der Waals surface area contributed by atoms with Gasteiger partial charge in [0, 0.05) is 24.9 Å². The molecule has 4 rings (SSSR count). The van der Waals surface area contributed by atoms with Gasteiger partial charge in [-0.05, 0) is 37.8 Å². The molecule has 0 aliphatic heterocycles. The predicted molar refractivity (Wildman–Crippen MR) is 92.7 cm³/mol. The van der Waals surface area contributed by atoms with E-state index in [4.69, 9.17) is 4.74 Å². The second kappa shape index (κ2) is 6.11. The molecule has 3 aromatic rings. The van der Waals surface area contributed by atoms with Gasteiger partial charge in [0.1, 0.15) is 11.6 Å². The van der Waals surface area contributed by atoms with Crippen LogP contribution in [0, 0.1) is 6.92 Å². The van der Waals surface area contributed by atoms with Crippen molar-refractivity contribution in [1.82, 2.24) is 19.6 Å². The number of nitrogens with one attached hydrogen (secondary N) is 1. The molecule has 2 heterocycles. The maximum atomic E-state index is 5.44. The van der Waals surface area contributed by atoms with Crippen LogP contribution in [0.2, 0.25) is 0 Å². The van der Waals surface area contributed by atoms with E-state index in [1.165, 1.54) is 24.0 Å². The van der Waals surface area contributed by atoms with Crippen LogP contribution in [0.25, 0.3) is 5.65 Å². The van der Waals surface area contributed by atoms with Crippen LogP contribution in [0.3, 0.4) is 0 Å². The van der Waals surface area contributed by atoms with E-state index in [0.29, 0.717) is 5.92 Å². The van der Waals surface area contributed by atoms with Gasteiger partial charge in [-0.25, -0.2) is 4.98 Å². The number of fused-ring (bicyclic) bond motifs is 1. The average molecular weight is 323 g/mol. The highest BCUT2D eigenvalue weighted by molar-refractivity contribution is 5.62. The molecule has 0 radical (unpaired) electrons. The lowest BCUT2D eigenvalue weighted by atomic mass is 10.1. The third-order valence-electron chi connectivity index (χ3n) is 4.42. The van der Waals surface area contributed by atoms with E-state index < -0.39 is 0 Å². The summed E-state index contributed by atoms with van der Waals surface area (Å²) in [6, 6.07) is 6.24. The Morgan fingerprint density at radius 1 is 1.29 bits per heavy atom. The van der Waals surface area contributed by atoms with E-state index in [1.54, 1.807) is 13.3 Å². The highest BCUT2D eigenvalue weighted by Gasteiger charge is 2.29. The van der Waals surface area contributed by atoms with E-state index in [1.807, 2.05) is 12.3 Å². The van der Waals surface area contributed by atoms with Crippen LogP contribution < -0.4 is 10.1 Å². The van der Waals surface area contributed by atoms with Crippen LogP contribution in [-0.4, -0.2) is 33.2 Å². The number of benzene rings is 1. The van der Waals surface area contributed by atoms with Crippen LogP contribution >= 0.6 is 0 Å². The summed E-state index contributed by atoms with van der Waals surface area (Å²) < 4.78 is 7.50. The quantitative estimate of drug-likeness (QED) is 0.755. The number of hydrogen-bond donors (Lipinski definition) is 1. The molecule has 0 atom stereocenters. The Labute approximate surface area is 140 Å². The van der Waals surface area contributed by atoms with Crippen molar-refractivity contribution in [3.8, 4) is 5.75 Å². The molecule has 1 fully saturated rings. The van der Waals surface area contributed by atoms with Gasteiger partial charge in [-0.2, -0.15) is 0 Å². The monoisotopic (exact) mass is 323 g/mol. The number of nitrogens with zero attached hydrogens (tertiary/aromatic N) is 4. The Morgan fingerprint density at radius 3 is 2.96 bits per heavy atom. The molecule has 0 amide bonds. The number of rotatable bonds is 6. The second-order valence-electron chi connectivity index (χ2n) is 6.29. The van der Waals surface area contributed by atoms with E-state index >= 15 is 0 Å². The smallest absolute Gasteiger partial charge is 0.203 e. The molecule has 124 valence electrons. The molecule has 6 nitrogen and oxygen atoms in total. The zero-order chi connectivity index (χ0) is 16.5. The Bertz CT molecular complexity index is 869. The van der Waals surface area contributed by atoms with E-state index in [0.717, 1.165) is 36.0 Å². The summed E-state index contributed by atoms with van der Waals surface area (Å²) in [5.41, 5.74) is 3.23. The summed E-state index contributed by atoms with van der Waals surface area (Å²) in [6.45, 7) is 2.85. The van der Waals surface area contributed by atoms with Crippen LogP contribution in [0.15, 0.2) is 30.6 Å². The molecule has 0 bridgehead atoms. The minimum Gasteiger partial charge on any atom is -0.496 e. The molecule has 1 aliphatic carbocycles. The van der Waals surface area contributed by atoms with Crippen molar-refractivity contribution in [2.24, 2.45) is 0 Å². The first-order valence-corrected chi connectivity index (χ1v) is 8.33. The standard InChI is InChI=1S/C18H21N5O/c1-12-3-6-15(24-2)14(11-12)7-8-19-16-18-22-21-17(13-4-5-13)23(18)10-9-20-16/h3,6,9-11,13H,4-5,7-8H2,1-2H3,(H,19,20). The molecule has 0 saturated heterocycles. The molecule has 1 saturated carbocycles. The minimum absolute atomic E-state index is 0.562. The van der Waals surface area contributed by atoms with Crippen molar-refractivity contribution >= 4 is 11.5 Å². The van der Waals surface area contributed by atoms with Gasteiger partial charge in [0.05, 0.1) is 7.11 Å². The maximum absolute atomic E-state index is 5.44. The van der Waals surface area contributed by atoms with Gasteiger partial charge < -0.3 is 10.1 Å². The SMILES string of the molecule is COc1ccc(C)cc1CCNc1nccn2c(C3CC3)nnc12. The van der Waals surface area contributed by atoms with Crippen LogP contribution in [0.5, 0.6) is 5.75 Å². The van der Waals surface area contributed by atoms with Crippen LogP contribution in [0.1, 0.15) is 35.7 Å². The predicted octanol–water partition coefficient (Wildman–Crippen LogP) is 2.97. The first-order chi connectivity index (χ1) is 11.8. The highest BCUT2D eigenvalue weighted by atomic mass is 16.5. The third-order valence-corrected chi connectivity index (χ3v) is 4.42. The summed E-state index contributed by atoms with van der Waals surface area (Å²) in [5.74, 6) is 3.32. The lowest BCUT2D eigenvalue weighted by Crippen LogP contribution is -2.09. The number of aryl methyl sites for hydroxylation is 1. The summed E-state index contributed by atoms with van der Waals surface area (Å²) in [6.07, 6.45) is 7.02. The molecule has 1 aliphatic rings. The summed E-state index contributed by atoms with van der Waals surface area (Å²) in [5, 5.41) is 12.0. The van der Waals surface area contributed by atoms with Gasteiger partial charge in [0.2, 0.25) is 5.65 Å². The summed E-state index contributed by atoms with van der Waals surface area (Å²) >= 11 is 0. The Morgan fingerprint density at radius 2 is 2.17 bits per heavy atom. The van der Waals surface area contributed by atoms with Crippen molar-refractivity contribution in [2.75, 3.05) is 19.0 Å². The first-order valence-electron chi connectivity index (χ1n) is 8.33. The molecule has 2 aromatic heterocycles. The minimum atomic E-state index is 0.562. The maximum Gasteiger partial charge on any atom is 0.203 e. The van der Waals surface area contributed by atoms with E-state index in [9.17, 15) is 0 Å². The van der Waals surface area contributed by atoms with Gasteiger partial charge in [-0.1, -0.05) is 17.7 Å². The van der Waals surface area contributed by atoms with Crippen LogP contribution in [-0.2, 0) is 6.42 Å². The Balaban J connectivity index is 1.50. The molecule has 1 N–H and O–H groups in total. The normalized spacial score (nSPS) is 14.1. The second-order valence-corrected chi connectivity index (χ2v) is 6.29. The lowest BCUT2D eigenvalue weighted by Gasteiger charge is -2.11. The molecular formula is C18H21N5O. The van der Waals surface area contributed by atoms with Gasteiger partial charge in [-0.15, -0.1) is 10.2 Å². The van der Waals surface area contributed by atoms with Crippen molar-refractivity contribution < 1.29 is 4.74 Å². The first kappa shape index (κ1) is 14.9. The number of anilines is 1. The summed E-state index contributed by atoms with van der Waals surface area (Å²) in [4.78, 5) is 4.43. The molecular weight excluding hydrogens is 302 g/mol. The van der Waals surface area contributed by atoms with E-state index in [2.05, 4.69) is 44.0 Å². The number of methoxy groups -OCH3 is 1. The van der Waals surface area contributed by atoms with Crippen molar-refractivity contribution in [3.05, 3.63) is 47.5 Å². The molecule has 1 aromatic carbocycles. The zero-order valence-electron chi connectivity index (χ0n) is 14.0. The Kier molecular flexibility index (Phi) is 3.80. The summed E-state index contributed by atoms with van der Waals surface area (Å²) in [7, 11) is 1.71. The molecule has 0 unspecified atom stereocenters. The van der Waals surface area contributed by atoms with Crippen LogP contribution in [0.4, 0.5) is 5.82 Å². The fourth-order valence-electron chi connectivity index (χ4n) is 3.01. The lowest BCUT2D eigenvalue weighted by molar-refractivity contribution is 0.410. The van der Waals surface area contributed by atoms with Gasteiger partial charge in [0.15, 0.2) is 5.82 Å². The van der Waals surface area contributed by atoms with Crippen molar-refractivity contribution in [1.29, 1.82) is 0 Å². The third kappa shape index (κ3) is 2.79. The molecule has 24 heavy (non-hydrogen) atoms. The number of ether oxygens (including phenoxy) is 1. The number of hydrogen-bond acceptors (Lipinski definition) is 5. The largest absolute Gasteiger partial charge is 0.496 e. The van der Waals surface area contributed by atoms with Gasteiger partial charge in [0.25, 0.3) is 0 Å². The van der Waals surface area contributed by atoms with Crippen molar-refractivity contribution in [2.45, 2.75) is 32.1 Å². The zero-order valence-corrected chi connectivity index (χ0v) is 14.0. The Hall–Kier alpha value is -2.63. The highest BCUT2D eigenvalue weighted by Crippen LogP contribution is 2.39. The van der Waals surface area contributed by atoms with Gasteiger partial charge in [-0.3, -0.25) is 4.40 Å². The van der Waals surface area contributed by atoms with Crippen molar-refractivity contribution in [3.63, 3.8) is 0 Å². The molecule has 6 heteroatoms.